The average molecular weight is 262 g/mol. The highest BCUT2D eigenvalue weighted by Gasteiger charge is 2.28. The zero-order valence-electron chi connectivity index (χ0n) is 10.8. The lowest BCUT2D eigenvalue weighted by molar-refractivity contribution is 0.0690. The Morgan fingerprint density at radius 1 is 1.26 bits per heavy atom. The summed E-state index contributed by atoms with van der Waals surface area (Å²) in [6.07, 6.45) is 5.52. The lowest BCUT2D eigenvalue weighted by Gasteiger charge is -2.42. The first-order valence-corrected chi connectivity index (χ1v) is 6.79. The van der Waals surface area contributed by atoms with Gasteiger partial charge in [0, 0.05) is 38.4 Å². The minimum absolute atomic E-state index is 0.0615. The second-order valence-corrected chi connectivity index (χ2v) is 5.15. The highest BCUT2D eigenvalue weighted by atomic mass is 16.4. The Morgan fingerprint density at radius 2 is 2.00 bits per heavy atom. The predicted octanol–water partition coefficient (Wildman–Crippen LogP) is 0.849. The van der Waals surface area contributed by atoms with E-state index in [-0.39, 0.29) is 5.69 Å². The van der Waals surface area contributed by atoms with Crippen molar-refractivity contribution in [3.8, 4) is 0 Å². The number of carboxylic acids is 1. The lowest BCUT2D eigenvalue weighted by atomic mass is 9.91. The molecule has 1 saturated carbocycles. The molecule has 2 heterocycles. The van der Waals surface area contributed by atoms with Gasteiger partial charge in [-0.3, -0.25) is 4.90 Å². The normalized spacial score (nSPS) is 21.2. The van der Waals surface area contributed by atoms with E-state index in [1.807, 2.05) is 0 Å². The highest BCUT2D eigenvalue weighted by molar-refractivity contribution is 5.85. The van der Waals surface area contributed by atoms with E-state index in [2.05, 4.69) is 19.8 Å². The van der Waals surface area contributed by atoms with Crippen LogP contribution in [0.15, 0.2) is 12.3 Å². The highest BCUT2D eigenvalue weighted by Crippen LogP contribution is 2.26. The first-order valence-electron chi connectivity index (χ1n) is 6.79. The average Bonchev–Trinajstić information content (AvgIpc) is 2.38. The van der Waals surface area contributed by atoms with Crippen molar-refractivity contribution in [1.82, 2.24) is 14.9 Å². The Hall–Kier alpha value is -1.69. The molecule has 102 valence electrons. The smallest absolute Gasteiger partial charge is 0.354 e. The molecule has 1 N–H and O–H groups in total. The van der Waals surface area contributed by atoms with E-state index in [1.54, 1.807) is 0 Å². The van der Waals surface area contributed by atoms with Gasteiger partial charge in [-0.2, -0.15) is 0 Å². The summed E-state index contributed by atoms with van der Waals surface area (Å²) in [5, 5.41) is 8.94. The third-order valence-electron chi connectivity index (χ3n) is 4.05. The van der Waals surface area contributed by atoms with Crippen LogP contribution >= 0.6 is 0 Å². The fourth-order valence-electron chi connectivity index (χ4n) is 2.66. The van der Waals surface area contributed by atoms with Crippen LogP contribution in [-0.4, -0.2) is 58.2 Å². The van der Waals surface area contributed by atoms with E-state index < -0.39 is 5.97 Å². The van der Waals surface area contributed by atoms with Gasteiger partial charge in [-0.05, 0) is 18.9 Å². The summed E-state index contributed by atoms with van der Waals surface area (Å²) in [6.45, 7) is 3.79. The molecule has 0 spiro atoms. The summed E-state index contributed by atoms with van der Waals surface area (Å²) in [7, 11) is 0. The van der Waals surface area contributed by atoms with Crippen molar-refractivity contribution in [1.29, 1.82) is 0 Å². The Kier molecular flexibility index (Phi) is 3.33. The molecule has 1 aromatic rings. The van der Waals surface area contributed by atoms with E-state index in [1.165, 1.54) is 31.5 Å². The van der Waals surface area contributed by atoms with Crippen LogP contribution in [0.5, 0.6) is 0 Å². The van der Waals surface area contributed by atoms with Crippen molar-refractivity contribution >= 4 is 11.9 Å². The molecule has 0 unspecified atom stereocenters. The van der Waals surface area contributed by atoms with Crippen LogP contribution in [0, 0.1) is 0 Å². The minimum atomic E-state index is -1.00. The Balaban J connectivity index is 1.64. The third kappa shape index (κ3) is 2.53. The van der Waals surface area contributed by atoms with Gasteiger partial charge in [-0.15, -0.1) is 0 Å². The van der Waals surface area contributed by atoms with E-state index >= 15 is 0 Å². The summed E-state index contributed by atoms with van der Waals surface area (Å²) in [5.41, 5.74) is 0.0615. The maximum Gasteiger partial charge on any atom is 0.354 e. The van der Waals surface area contributed by atoms with Gasteiger partial charge in [-0.1, -0.05) is 6.42 Å². The number of hydrogen-bond donors (Lipinski definition) is 1. The molecule has 1 aliphatic carbocycles. The van der Waals surface area contributed by atoms with Crippen molar-refractivity contribution < 1.29 is 9.90 Å². The van der Waals surface area contributed by atoms with Gasteiger partial charge in [0.15, 0.2) is 5.69 Å². The minimum Gasteiger partial charge on any atom is -0.477 e. The van der Waals surface area contributed by atoms with Crippen molar-refractivity contribution in [2.45, 2.75) is 25.3 Å². The van der Waals surface area contributed by atoms with Crippen molar-refractivity contribution in [3.05, 3.63) is 18.0 Å². The molecule has 1 saturated heterocycles. The molecule has 2 fully saturated rings. The lowest BCUT2D eigenvalue weighted by Crippen LogP contribution is -2.52. The van der Waals surface area contributed by atoms with E-state index in [4.69, 9.17) is 5.11 Å². The van der Waals surface area contributed by atoms with Gasteiger partial charge >= 0.3 is 5.97 Å². The summed E-state index contributed by atoms with van der Waals surface area (Å²) in [6, 6.07) is 2.20. The molecule has 1 aliphatic heterocycles. The third-order valence-corrected chi connectivity index (χ3v) is 4.05. The number of hydrogen-bond acceptors (Lipinski definition) is 5. The van der Waals surface area contributed by atoms with Crippen LogP contribution in [-0.2, 0) is 0 Å². The Bertz CT molecular complexity index is 467. The SMILES string of the molecule is O=C(O)c1ccnc(N2CCN(C3CCC3)CC2)n1. The van der Waals surface area contributed by atoms with Crippen LogP contribution in [0.25, 0.3) is 0 Å². The number of aromatic carboxylic acids is 1. The summed E-state index contributed by atoms with van der Waals surface area (Å²) in [4.78, 5) is 23.8. The Morgan fingerprint density at radius 3 is 2.58 bits per heavy atom. The van der Waals surface area contributed by atoms with Gasteiger partial charge in [0.05, 0.1) is 0 Å². The molecule has 6 nitrogen and oxygen atoms in total. The summed E-state index contributed by atoms with van der Waals surface area (Å²) in [5.74, 6) is -0.468. The molecule has 0 atom stereocenters. The molecule has 0 radical (unpaired) electrons. The fourth-order valence-corrected chi connectivity index (χ4v) is 2.66. The molecular weight excluding hydrogens is 244 g/mol. The second-order valence-electron chi connectivity index (χ2n) is 5.15. The van der Waals surface area contributed by atoms with Crippen LogP contribution in [0.3, 0.4) is 0 Å². The van der Waals surface area contributed by atoms with Crippen molar-refractivity contribution in [2.75, 3.05) is 31.1 Å². The zero-order chi connectivity index (χ0) is 13.2. The number of anilines is 1. The number of rotatable bonds is 3. The molecule has 2 aliphatic rings. The molecule has 0 aromatic carbocycles. The van der Waals surface area contributed by atoms with Gasteiger partial charge in [-0.25, -0.2) is 14.8 Å². The van der Waals surface area contributed by atoms with Gasteiger partial charge < -0.3 is 10.0 Å². The molecule has 1 aromatic heterocycles. The number of piperazine rings is 1. The standard InChI is InChI=1S/C13H18N4O2/c18-12(19)11-4-5-14-13(15-11)17-8-6-16(7-9-17)10-2-1-3-10/h4-5,10H,1-3,6-9H2,(H,18,19). The van der Waals surface area contributed by atoms with Gasteiger partial charge in [0.25, 0.3) is 0 Å². The van der Waals surface area contributed by atoms with Crippen molar-refractivity contribution in [3.63, 3.8) is 0 Å². The number of nitrogens with zero attached hydrogens (tertiary/aromatic N) is 4. The zero-order valence-corrected chi connectivity index (χ0v) is 10.8. The van der Waals surface area contributed by atoms with E-state index in [0.717, 1.165) is 32.2 Å². The van der Waals surface area contributed by atoms with Gasteiger partial charge in [0.1, 0.15) is 0 Å². The molecule has 0 bridgehead atoms. The van der Waals surface area contributed by atoms with Crippen LogP contribution in [0.2, 0.25) is 0 Å². The van der Waals surface area contributed by atoms with Crippen LogP contribution in [0.4, 0.5) is 5.95 Å². The summed E-state index contributed by atoms with van der Waals surface area (Å²) < 4.78 is 0. The van der Waals surface area contributed by atoms with Crippen LogP contribution in [0.1, 0.15) is 29.8 Å². The van der Waals surface area contributed by atoms with E-state index in [0.29, 0.717) is 5.95 Å². The molecule has 0 amide bonds. The summed E-state index contributed by atoms with van der Waals surface area (Å²) >= 11 is 0. The topological polar surface area (TPSA) is 69.6 Å². The largest absolute Gasteiger partial charge is 0.477 e. The van der Waals surface area contributed by atoms with E-state index in [9.17, 15) is 4.79 Å². The molecular formula is C13H18N4O2. The molecule has 3 rings (SSSR count). The van der Waals surface area contributed by atoms with Crippen molar-refractivity contribution in [2.24, 2.45) is 0 Å². The first kappa shape index (κ1) is 12.3. The van der Waals surface area contributed by atoms with Gasteiger partial charge in [0.2, 0.25) is 5.95 Å². The quantitative estimate of drug-likeness (QED) is 0.871. The fraction of sp³-hybridized carbons (Fsp3) is 0.615. The monoisotopic (exact) mass is 262 g/mol. The molecule has 6 heteroatoms. The maximum atomic E-state index is 10.9. The number of carbonyl (C=O) groups is 1. The number of aromatic nitrogens is 2. The Labute approximate surface area is 112 Å². The van der Waals surface area contributed by atoms with Crippen LogP contribution < -0.4 is 4.90 Å². The first-order chi connectivity index (χ1) is 9.24. The maximum absolute atomic E-state index is 10.9. The predicted molar refractivity (Wildman–Crippen MR) is 70.4 cm³/mol. The second kappa shape index (κ2) is 5.13. The number of carboxylic acid groups (broad SMARTS) is 1. The molecule has 19 heavy (non-hydrogen) atoms.